The largest absolute Gasteiger partial charge is 0.370 e. The summed E-state index contributed by atoms with van der Waals surface area (Å²) in [6.07, 6.45) is 5.62. The minimum Gasteiger partial charge on any atom is -0.370 e. The van der Waals surface area contributed by atoms with Gasteiger partial charge in [0.1, 0.15) is 60.4 Å². The average Bonchev–Trinajstić information content (AvgIpc) is 1.75. The molecule has 0 bridgehead atoms. The van der Waals surface area contributed by atoms with Crippen molar-refractivity contribution in [1.29, 1.82) is 0 Å². The first-order chi connectivity index (χ1) is 51.6. The normalized spacial score (nSPS) is 17.2. The summed E-state index contributed by atoms with van der Waals surface area (Å²) in [5.74, 6) is -13.2. The summed E-state index contributed by atoms with van der Waals surface area (Å²) < 4.78 is 0. The van der Waals surface area contributed by atoms with Crippen LogP contribution in [-0.4, -0.2) is 236 Å². The molecule has 618 valence electrons. The van der Waals surface area contributed by atoms with Crippen LogP contribution in [0.1, 0.15) is 183 Å². The summed E-state index contributed by atoms with van der Waals surface area (Å²) in [6, 6.07) is -15.0. The molecule has 31 N–H and O–H groups in total. The summed E-state index contributed by atoms with van der Waals surface area (Å²) in [5.41, 5.74) is 55.9. The van der Waals surface area contributed by atoms with Gasteiger partial charge in [0.05, 0.1) is 12.1 Å². The van der Waals surface area contributed by atoms with E-state index in [1.54, 1.807) is 47.8 Å². The Balaban J connectivity index is 2.57. The third-order valence-corrected chi connectivity index (χ3v) is 19.5. The molecule has 0 saturated carbocycles. The SMILES string of the molecule is CC[C@H](C)[C@H](NC(=O)[C@H](CCCCN)NC(=O)[C@H](CCCN=C(N)N)NC(=O)[C@@H]1CCCN1C(=O)[C@H](CCCCN)NC(=O)[C@@H](NC(=O)[C@H](CCCN=C(N)N)NC(=O)[C@H](CCCN=C(N)N)NC(=O)[C@@H]1CCCN1)[C@@H](C)CC)C(=O)N[C@@H](CCSC)C(=O)N[C@@H](CC(C)C)C(=O)N[C@@H](CCC(N)=O)C(=O)C(N)=O. The molecule has 2 heterocycles. The van der Waals surface area contributed by atoms with E-state index in [0.29, 0.717) is 63.7 Å². The second-order valence-corrected chi connectivity index (χ2v) is 29.1. The lowest BCUT2D eigenvalue weighted by atomic mass is 9.96. The summed E-state index contributed by atoms with van der Waals surface area (Å²) in [4.78, 5) is 209. The zero-order chi connectivity index (χ0) is 81.9. The number of Topliss-reactive ketones (excluding diaryl/α,β-unsaturated/α-hetero) is 1. The quantitative estimate of drug-likeness (QED) is 0.0117. The molecule has 109 heavy (non-hydrogen) atoms. The van der Waals surface area contributed by atoms with E-state index in [1.165, 1.54) is 16.7 Å². The van der Waals surface area contributed by atoms with Gasteiger partial charge in [0.25, 0.3) is 5.91 Å². The molecule has 39 nitrogen and oxygen atoms in total. The molecule has 40 heteroatoms. The van der Waals surface area contributed by atoms with Crippen LogP contribution in [0.25, 0.3) is 0 Å². The van der Waals surface area contributed by atoms with Crippen molar-refractivity contribution in [2.75, 3.05) is 57.8 Å². The van der Waals surface area contributed by atoms with Crippen LogP contribution in [0, 0.1) is 17.8 Å². The summed E-state index contributed by atoms with van der Waals surface area (Å²) >= 11 is 1.36. The fourth-order valence-electron chi connectivity index (χ4n) is 12.2. The Morgan fingerprint density at radius 3 is 1.26 bits per heavy atom. The van der Waals surface area contributed by atoms with Gasteiger partial charge in [-0.3, -0.25) is 82.1 Å². The van der Waals surface area contributed by atoms with Gasteiger partial charge in [-0.25, -0.2) is 0 Å². The van der Waals surface area contributed by atoms with Gasteiger partial charge < -0.3 is 121 Å². The Morgan fingerprint density at radius 2 is 0.844 bits per heavy atom. The molecule has 0 aromatic carbocycles. The van der Waals surface area contributed by atoms with Crippen molar-refractivity contribution >= 4 is 112 Å². The number of guanidine groups is 3. The fraction of sp³-hybridized carbons (Fsp3) is 0.754. The van der Waals surface area contributed by atoms with Crippen molar-refractivity contribution in [2.24, 2.45) is 90.1 Å². The van der Waals surface area contributed by atoms with Gasteiger partial charge in [-0.05, 0) is 171 Å². The van der Waals surface area contributed by atoms with Gasteiger partial charge in [0.2, 0.25) is 76.7 Å². The van der Waals surface area contributed by atoms with Crippen LogP contribution in [0.15, 0.2) is 15.0 Å². The minimum atomic E-state index is -1.54. The molecule has 14 atom stereocenters. The number of hydrogen-bond acceptors (Lipinski definition) is 21. The lowest BCUT2D eigenvalue weighted by molar-refractivity contribution is -0.143. The molecule has 2 saturated heterocycles. The molecule has 0 unspecified atom stereocenters. The van der Waals surface area contributed by atoms with Crippen molar-refractivity contribution in [3.63, 3.8) is 0 Å². The van der Waals surface area contributed by atoms with E-state index in [9.17, 15) is 62.3 Å². The Bertz CT molecular complexity index is 3070. The number of carbonyl (C=O) groups is 14. The lowest BCUT2D eigenvalue weighted by Crippen LogP contribution is -2.61. The van der Waals surface area contributed by atoms with Gasteiger partial charge in [-0.15, -0.1) is 0 Å². The van der Waals surface area contributed by atoms with Crippen molar-refractivity contribution in [1.82, 2.24) is 63.4 Å². The minimum absolute atomic E-state index is 0.00409. The second-order valence-electron chi connectivity index (χ2n) is 28.1. The molecule has 0 aliphatic carbocycles. The number of nitrogens with two attached hydrogens (primary N) is 10. The van der Waals surface area contributed by atoms with Crippen molar-refractivity contribution in [3.05, 3.63) is 0 Å². The number of amides is 13. The number of nitrogens with one attached hydrogen (secondary N) is 11. The van der Waals surface area contributed by atoms with E-state index in [2.05, 4.69) is 73.5 Å². The number of hydrogen-bond donors (Lipinski definition) is 21. The van der Waals surface area contributed by atoms with E-state index in [0.717, 1.165) is 6.42 Å². The maximum atomic E-state index is 15.1. The monoisotopic (exact) mass is 1560 g/mol. The Hall–Kier alpha value is -9.18. The number of carbonyl (C=O) groups excluding carboxylic acids is 14. The number of likely N-dealkylation sites (tertiary alicyclic amines) is 1. The fourth-order valence-corrected chi connectivity index (χ4v) is 12.7. The number of primary amides is 2. The topological polar surface area (TPSA) is 672 Å². The average molecular weight is 1560 g/mol. The van der Waals surface area contributed by atoms with Gasteiger partial charge in [0, 0.05) is 32.6 Å². The highest BCUT2D eigenvalue weighted by molar-refractivity contribution is 7.98. The molecule has 0 radical (unpaired) electrons. The van der Waals surface area contributed by atoms with E-state index in [4.69, 9.17) is 57.3 Å². The van der Waals surface area contributed by atoms with Gasteiger partial charge in [-0.1, -0.05) is 54.4 Å². The van der Waals surface area contributed by atoms with Crippen LogP contribution in [0.3, 0.4) is 0 Å². The van der Waals surface area contributed by atoms with Gasteiger partial charge in [-0.2, -0.15) is 11.8 Å². The summed E-state index contributed by atoms with van der Waals surface area (Å²) in [7, 11) is 0. The summed E-state index contributed by atoms with van der Waals surface area (Å²) in [5, 5.41) is 30.5. The number of nitrogens with zero attached hydrogens (tertiary/aromatic N) is 4. The second kappa shape index (κ2) is 52.0. The van der Waals surface area contributed by atoms with E-state index in [1.807, 2.05) is 0 Å². The number of rotatable bonds is 55. The molecule has 0 aromatic heterocycles. The smallest absolute Gasteiger partial charge is 0.287 e. The maximum absolute atomic E-state index is 15.1. The highest BCUT2D eigenvalue weighted by atomic mass is 32.2. The van der Waals surface area contributed by atoms with Crippen LogP contribution in [0.4, 0.5) is 0 Å². The maximum Gasteiger partial charge on any atom is 0.287 e. The van der Waals surface area contributed by atoms with Crippen molar-refractivity contribution < 1.29 is 67.1 Å². The molecule has 0 aromatic rings. The van der Waals surface area contributed by atoms with Crippen LogP contribution in [0.5, 0.6) is 0 Å². The van der Waals surface area contributed by atoms with Gasteiger partial charge >= 0.3 is 0 Å². The molecule has 0 spiro atoms. The summed E-state index contributed by atoms with van der Waals surface area (Å²) in [6.45, 7) is 11.8. The standard InChI is InChI=1S/C69H127N25O14S/c1-8-39(5)52(64(106)89-47(28-36-109-7)59(101)91-49(37-38(3)4)62(104)84-41(26-27-51(72)95)54(96)55(73)97)92-60(102)43(19-10-12-29-70)86-58(100)45(23-16-33-82-68(76)77)88-63(105)50-25-18-35-94(50)66(108)48(20-11-13-30-71)90-65(107)53(40(6)9-2)93-61(103)46(24-17-34-83-69(78)79)87-57(99)44(22-15-32-81-67(74)75)85-56(98)42-21-14-31-80-42/h38-50,52-53,80H,8-37,70-71H2,1-7H3,(H2,72,95)(H2,73,97)(H,84,104)(H,85,98)(H,86,100)(H,87,99)(H,88,105)(H,89,106)(H,90,107)(H,91,101)(H,92,102)(H,93,103)(H4,74,75,81)(H4,76,77,82)(H4,78,79,83)/t39-,40-,41-,42-,43-,44-,45-,46-,47-,48-,49-,50-,52-,53-/m0/s1. The lowest BCUT2D eigenvalue weighted by Gasteiger charge is -2.32. The Labute approximate surface area is 643 Å². The van der Waals surface area contributed by atoms with Crippen molar-refractivity contribution in [3.8, 4) is 0 Å². The van der Waals surface area contributed by atoms with Crippen LogP contribution in [-0.2, 0) is 67.1 Å². The molecule has 2 aliphatic heterocycles. The van der Waals surface area contributed by atoms with E-state index in [-0.39, 0.29) is 147 Å². The molecule has 13 amide bonds. The highest BCUT2D eigenvalue weighted by Crippen LogP contribution is 2.23. The third-order valence-electron chi connectivity index (χ3n) is 18.8. The van der Waals surface area contributed by atoms with E-state index < -0.39 is 167 Å². The molecule has 2 fully saturated rings. The third kappa shape index (κ3) is 36.3. The number of aliphatic imine (C=N–C) groups is 3. The predicted octanol–water partition coefficient (Wildman–Crippen LogP) is -5.79. The van der Waals surface area contributed by atoms with Crippen LogP contribution >= 0.6 is 11.8 Å². The molecular formula is C69H127N25O14S. The number of unbranched alkanes of at least 4 members (excludes halogenated alkanes) is 2. The number of thioether (sulfide) groups is 1. The molecule has 2 aliphatic rings. The van der Waals surface area contributed by atoms with Crippen molar-refractivity contribution in [2.45, 2.75) is 255 Å². The molecule has 2 rings (SSSR count). The first-order valence-corrected chi connectivity index (χ1v) is 39.3. The first-order valence-electron chi connectivity index (χ1n) is 37.9. The van der Waals surface area contributed by atoms with E-state index >= 15 is 4.79 Å². The zero-order valence-electron chi connectivity index (χ0n) is 64.6. The van der Waals surface area contributed by atoms with Gasteiger partial charge in [0.15, 0.2) is 17.9 Å². The van der Waals surface area contributed by atoms with Crippen LogP contribution in [0.2, 0.25) is 0 Å². The Kier molecular flexibility index (Phi) is 45.8. The van der Waals surface area contributed by atoms with Crippen LogP contribution < -0.4 is 116 Å². The highest BCUT2D eigenvalue weighted by Gasteiger charge is 2.42. The Morgan fingerprint density at radius 1 is 0.450 bits per heavy atom. The molecular weight excluding hydrogens is 1430 g/mol. The first kappa shape index (κ1) is 95.9. The predicted molar refractivity (Wildman–Crippen MR) is 415 cm³/mol. The zero-order valence-corrected chi connectivity index (χ0v) is 65.4. The number of ketones is 1.